The minimum absolute atomic E-state index is 0.0443. The SMILES string of the molecule is CC1C(=O)NCCN1CCOc1cccc(C(=O)NN)c1. The summed E-state index contributed by atoms with van der Waals surface area (Å²) in [5.74, 6) is 5.38. The van der Waals surface area contributed by atoms with Crippen molar-refractivity contribution in [2.75, 3.05) is 26.2 Å². The van der Waals surface area contributed by atoms with Gasteiger partial charge in [-0.25, -0.2) is 5.84 Å². The standard InChI is InChI=1S/C14H20N4O3/c1-10-13(19)16-5-6-18(10)7-8-21-12-4-2-3-11(9-12)14(20)17-15/h2-4,9-10H,5-8,15H2,1H3,(H,16,19)(H,17,20). The molecule has 1 fully saturated rings. The van der Waals surface area contributed by atoms with Gasteiger partial charge < -0.3 is 10.1 Å². The monoisotopic (exact) mass is 292 g/mol. The Morgan fingerprint density at radius 2 is 2.38 bits per heavy atom. The highest BCUT2D eigenvalue weighted by molar-refractivity contribution is 5.94. The molecule has 1 aromatic carbocycles. The molecule has 1 aliphatic heterocycles. The van der Waals surface area contributed by atoms with E-state index in [0.717, 1.165) is 6.54 Å². The normalized spacial score (nSPS) is 19.0. The minimum atomic E-state index is -0.359. The first kappa shape index (κ1) is 15.3. The van der Waals surface area contributed by atoms with Gasteiger partial charge in [0.05, 0.1) is 6.04 Å². The molecule has 0 spiro atoms. The number of rotatable bonds is 5. The van der Waals surface area contributed by atoms with Gasteiger partial charge in [-0.3, -0.25) is 19.9 Å². The van der Waals surface area contributed by atoms with E-state index in [4.69, 9.17) is 10.6 Å². The predicted octanol–water partition coefficient (Wildman–Crippen LogP) is -0.511. The highest BCUT2D eigenvalue weighted by Crippen LogP contribution is 2.13. The number of benzene rings is 1. The van der Waals surface area contributed by atoms with Crippen LogP contribution in [0, 0.1) is 0 Å². The number of carbonyl (C=O) groups excluding carboxylic acids is 2. The van der Waals surface area contributed by atoms with Crippen molar-refractivity contribution in [2.24, 2.45) is 5.84 Å². The molecule has 2 rings (SSSR count). The highest BCUT2D eigenvalue weighted by Gasteiger charge is 2.24. The average Bonchev–Trinajstić information content (AvgIpc) is 2.51. The van der Waals surface area contributed by atoms with Crippen LogP contribution in [0.1, 0.15) is 17.3 Å². The molecule has 1 unspecified atom stereocenters. The number of hydrogen-bond donors (Lipinski definition) is 3. The molecule has 7 nitrogen and oxygen atoms in total. The Bertz CT molecular complexity index is 521. The van der Waals surface area contributed by atoms with Crippen LogP contribution in [0.25, 0.3) is 0 Å². The average molecular weight is 292 g/mol. The van der Waals surface area contributed by atoms with Gasteiger partial charge in [0.25, 0.3) is 5.91 Å². The fourth-order valence-electron chi connectivity index (χ4n) is 2.23. The summed E-state index contributed by atoms with van der Waals surface area (Å²) >= 11 is 0. The van der Waals surface area contributed by atoms with E-state index in [-0.39, 0.29) is 17.9 Å². The smallest absolute Gasteiger partial charge is 0.265 e. The van der Waals surface area contributed by atoms with E-state index >= 15 is 0 Å². The first-order valence-corrected chi connectivity index (χ1v) is 6.87. The van der Waals surface area contributed by atoms with Crippen molar-refractivity contribution in [3.8, 4) is 5.75 Å². The number of amides is 2. The van der Waals surface area contributed by atoms with Crippen LogP contribution in [0.4, 0.5) is 0 Å². The van der Waals surface area contributed by atoms with Crippen LogP contribution in [0.3, 0.4) is 0 Å². The Kier molecular flexibility index (Phi) is 5.13. The number of nitrogens with two attached hydrogens (primary N) is 1. The van der Waals surface area contributed by atoms with Crippen molar-refractivity contribution >= 4 is 11.8 Å². The van der Waals surface area contributed by atoms with Gasteiger partial charge in [-0.1, -0.05) is 6.07 Å². The third-order valence-corrected chi connectivity index (χ3v) is 3.50. The number of ether oxygens (including phenoxy) is 1. The molecule has 1 saturated heterocycles. The molecule has 1 atom stereocenters. The van der Waals surface area contributed by atoms with Crippen LogP contribution in [-0.4, -0.2) is 49.0 Å². The number of piperazine rings is 1. The Hall–Kier alpha value is -2.12. The molecule has 0 saturated carbocycles. The zero-order chi connectivity index (χ0) is 15.2. The Balaban J connectivity index is 1.86. The second-order valence-electron chi connectivity index (χ2n) is 4.85. The fourth-order valence-corrected chi connectivity index (χ4v) is 2.23. The summed E-state index contributed by atoms with van der Waals surface area (Å²) in [6, 6.07) is 6.66. The molecule has 0 aromatic heterocycles. The molecule has 0 aliphatic carbocycles. The molecular weight excluding hydrogens is 272 g/mol. The summed E-state index contributed by atoms with van der Waals surface area (Å²) in [4.78, 5) is 25.0. The van der Waals surface area contributed by atoms with E-state index in [1.54, 1.807) is 24.3 Å². The Morgan fingerprint density at radius 1 is 1.57 bits per heavy atom. The third-order valence-electron chi connectivity index (χ3n) is 3.50. The molecule has 0 bridgehead atoms. The van der Waals surface area contributed by atoms with Gasteiger partial charge in [-0.15, -0.1) is 0 Å². The number of nitrogens with one attached hydrogen (secondary N) is 2. The molecule has 114 valence electrons. The van der Waals surface area contributed by atoms with Crippen molar-refractivity contribution < 1.29 is 14.3 Å². The number of hydrogen-bond acceptors (Lipinski definition) is 5. The molecular formula is C14H20N4O3. The maximum absolute atomic E-state index is 11.5. The van der Waals surface area contributed by atoms with Gasteiger partial charge >= 0.3 is 0 Å². The van der Waals surface area contributed by atoms with Gasteiger partial charge in [0, 0.05) is 25.2 Å². The maximum Gasteiger partial charge on any atom is 0.265 e. The maximum atomic E-state index is 11.5. The lowest BCUT2D eigenvalue weighted by Gasteiger charge is -2.32. The van der Waals surface area contributed by atoms with Crippen molar-refractivity contribution in [3.05, 3.63) is 29.8 Å². The van der Waals surface area contributed by atoms with E-state index < -0.39 is 0 Å². The minimum Gasteiger partial charge on any atom is -0.492 e. The van der Waals surface area contributed by atoms with Crippen molar-refractivity contribution in [2.45, 2.75) is 13.0 Å². The quantitative estimate of drug-likeness (QED) is 0.386. The van der Waals surface area contributed by atoms with E-state index in [9.17, 15) is 9.59 Å². The predicted molar refractivity (Wildman–Crippen MR) is 77.6 cm³/mol. The fraction of sp³-hybridized carbons (Fsp3) is 0.429. The number of nitrogens with zero attached hydrogens (tertiary/aromatic N) is 1. The molecule has 2 amide bonds. The van der Waals surface area contributed by atoms with Crippen molar-refractivity contribution in [1.29, 1.82) is 0 Å². The molecule has 1 aliphatic rings. The third kappa shape index (κ3) is 3.93. The number of hydrazine groups is 1. The van der Waals surface area contributed by atoms with Gasteiger partial charge in [0.2, 0.25) is 5.91 Å². The molecule has 21 heavy (non-hydrogen) atoms. The second-order valence-corrected chi connectivity index (χ2v) is 4.85. The largest absolute Gasteiger partial charge is 0.492 e. The second kappa shape index (κ2) is 7.05. The lowest BCUT2D eigenvalue weighted by Crippen LogP contribution is -2.54. The van der Waals surface area contributed by atoms with Crippen LogP contribution in [-0.2, 0) is 4.79 Å². The molecule has 1 aromatic rings. The summed E-state index contributed by atoms with van der Waals surface area (Å²) in [6.45, 7) is 4.45. The zero-order valence-corrected chi connectivity index (χ0v) is 12.0. The number of carbonyl (C=O) groups is 2. The first-order valence-electron chi connectivity index (χ1n) is 6.87. The Labute approximate surface area is 123 Å². The van der Waals surface area contributed by atoms with Crippen LogP contribution < -0.4 is 21.3 Å². The van der Waals surface area contributed by atoms with Crippen molar-refractivity contribution in [3.63, 3.8) is 0 Å². The van der Waals surface area contributed by atoms with Gasteiger partial charge in [0.1, 0.15) is 12.4 Å². The summed E-state index contributed by atoms with van der Waals surface area (Å²) in [6.07, 6.45) is 0. The van der Waals surface area contributed by atoms with E-state index in [0.29, 0.717) is 31.0 Å². The molecule has 7 heteroatoms. The zero-order valence-electron chi connectivity index (χ0n) is 12.0. The summed E-state index contributed by atoms with van der Waals surface area (Å²) < 4.78 is 5.63. The van der Waals surface area contributed by atoms with Crippen LogP contribution in [0.2, 0.25) is 0 Å². The lowest BCUT2D eigenvalue weighted by molar-refractivity contribution is -0.128. The molecule has 1 heterocycles. The van der Waals surface area contributed by atoms with E-state index in [1.165, 1.54) is 0 Å². The van der Waals surface area contributed by atoms with Gasteiger partial charge in [-0.2, -0.15) is 0 Å². The van der Waals surface area contributed by atoms with Gasteiger partial charge in [-0.05, 0) is 25.1 Å². The lowest BCUT2D eigenvalue weighted by atomic mass is 10.2. The van der Waals surface area contributed by atoms with E-state index in [1.807, 2.05) is 6.92 Å². The molecule has 0 radical (unpaired) electrons. The number of nitrogen functional groups attached to an aromatic ring is 1. The van der Waals surface area contributed by atoms with Crippen LogP contribution in [0.15, 0.2) is 24.3 Å². The van der Waals surface area contributed by atoms with Crippen molar-refractivity contribution in [1.82, 2.24) is 15.6 Å². The Morgan fingerprint density at radius 3 is 3.14 bits per heavy atom. The summed E-state index contributed by atoms with van der Waals surface area (Å²) in [5.41, 5.74) is 2.52. The summed E-state index contributed by atoms with van der Waals surface area (Å²) in [5, 5.41) is 2.82. The molecule has 4 N–H and O–H groups in total. The first-order chi connectivity index (χ1) is 10.1. The van der Waals surface area contributed by atoms with E-state index in [2.05, 4.69) is 15.6 Å². The van der Waals surface area contributed by atoms with Gasteiger partial charge in [0.15, 0.2) is 0 Å². The topological polar surface area (TPSA) is 96.7 Å². The summed E-state index contributed by atoms with van der Waals surface area (Å²) in [7, 11) is 0. The van der Waals surface area contributed by atoms with Crippen LogP contribution in [0.5, 0.6) is 5.75 Å². The van der Waals surface area contributed by atoms with Crippen LogP contribution >= 0.6 is 0 Å². The highest BCUT2D eigenvalue weighted by atomic mass is 16.5.